The molecule has 29 heavy (non-hydrogen) atoms. The summed E-state index contributed by atoms with van der Waals surface area (Å²) in [6.07, 6.45) is 3.83. The maximum atomic E-state index is 12.5. The molecule has 0 bridgehead atoms. The zero-order chi connectivity index (χ0) is 20.9. The summed E-state index contributed by atoms with van der Waals surface area (Å²) >= 11 is 5.98. The molecule has 0 radical (unpaired) electrons. The largest absolute Gasteiger partial charge is 0.491 e. The number of anilines is 1. The van der Waals surface area contributed by atoms with Gasteiger partial charge in [0.1, 0.15) is 12.4 Å². The number of carbonyl (C=O) groups excluding carboxylic acids is 1. The highest BCUT2D eigenvalue weighted by Gasteiger charge is 2.31. The highest BCUT2D eigenvalue weighted by molar-refractivity contribution is 6.30. The quantitative estimate of drug-likeness (QED) is 0.719. The first kappa shape index (κ1) is 21.6. The average Bonchev–Trinajstić information content (AvgIpc) is 2.93. The Morgan fingerprint density at radius 2 is 2.21 bits per heavy atom. The number of nitrogens with one attached hydrogen (secondary N) is 1. The number of amides is 1. The number of rotatable bonds is 7. The van der Waals surface area contributed by atoms with Gasteiger partial charge in [0.15, 0.2) is 0 Å². The lowest BCUT2D eigenvalue weighted by molar-refractivity contribution is -0.117. The van der Waals surface area contributed by atoms with Crippen LogP contribution in [-0.2, 0) is 11.3 Å². The summed E-state index contributed by atoms with van der Waals surface area (Å²) in [6.45, 7) is 6.56. The molecule has 1 aliphatic heterocycles. The number of ether oxygens (including phenoxy) is 1. The number of halogens is 1. The minimum absolute atomic E-state index is 0.0654. The number of benzene rings is 1. The lowest BCUT2D eigenvalue weighted by Crippen LogP contribution is -2.38. The van der Waals surface area contributed by atoms with Crippen LogP contribution >= 0.6 is 11.6 Å². The molecule has 158 valence electrons. The fourth-order valence-corrected chi connectivity index (χ4v) is 3.69. The van der Waals surface area contributed by atoms with E-state index in [1.54, 1.807) is 16.8 Å². The van der Waals surface area contributed by atoms with Crippen LogP contribution in [0.15, 0.2) is 30.5 Å². The van der Waals surface area contributed by atoms with E-state index in [9.17, 15) is 9.90 Å². The molecule has 3 rings (SSSR count). The summed E-state index contributed by atoms with van der Waals surface area (Å²) in [6, 6.07) is 7.17. The van der Waals surface area contributed by atoms with Crippen LogP contribution in [0, 0.1) is 6.92 Å². The summed E-state index contributed by atoms with van der Waals surface area (Å²) in [5.74, 6) is 0.582. The van der Waals surface area contributed by atoms with Crippen molar-refractivity contribution in [2.75, 3.05) is 31.6 Å². The number of likely N-dealkylation sites (tertiary alicyclic amines) is 1. The third-order valence-electron chi connectivity index (χ3n) is 5.23. The standard InChI is InChI=1S/C21H29ClN4O3/c1-3-26-13-19(16(2)24-26)23-20(27)14-25-10-5-8-21(28,9-11-25)15-29-18-7-4-6-17(22)12-18/h4,6-7,12-13,28H,3,5,8-11,14-15H2,1-2H3,(H,23,27). The highest BCUT2D eigenvalue weighted by Crippen LogP contribution is 2.25. The van der Waals surface area contributed by atoms with Gasteiger partial charge in [-0.1, -0.05) is 17.7 Å². The molecular weight excluding hydrogens is 392 g/mol. The predicted molar refractivity (Wildman–Crippen MR) is 113 cm³/mol. The topological polar surface area (TPSA) is 79.6 Å². The van der Waals surface area contributed by atoms with Crippen molar-refractivity contribution in [2.45, 2.75) is 45.3 Å². The Bertz CT molecular complexity index is 841. The number of nitrogens with zero attached hydrogens (tertiary/aromatic N) is 3. The molecule has 2 aromatic rings. The van der Waals surface area contributed by atoms with Gasteiger partial charge in [-0.15, -0.1) is 0 Å². The molecule has 1 aliphatic rings. The van der Waals surface area contributed by atoms with E-state index in [4.69, 9.17) is 16.3 Å². The van der Waals surface area contributed by atoms with Crippen LogP contribution in [0.4, 0.5) is 5.69 Å². The van der Waals surface area contributed by atoms with E-state index in [-0.39, 0.29) is 12.5 Å². The highest BCUT2D eigenvalue weighted by atomic mass is 35.5. The predicted octanol–water partition coefficient (Wildman–Crippen LogP) is 3.10. The van der Waals surface area contributed by atoms with Crippen molar-refractivity contribution in [1.29, 1.82) is 0 Å². The first-order valence-corrected chi connectivity index (χ1v) is 10.4. The van der Waals surface area contributed by atoms with Crippen molar-refractivity contribution < 1.29 is 14.6 Å². The molecule has 1 aromatic heterocycles. The van der Waals surface area contributed by atoms with Crippen molar-refractivity contribution in [3.8, 4) is 5.75 Å². The molecule has 1 amide bonds. The van der Waals surface area contributed by atoms with Gasteiger partial charge in [0.05, 0.1) is 23.5 Å². The van der Waals surface area contributed by atoms with Crippen LogP contribution in [0.5, 0.6) is 5.75 Å². The molecule has 2 N–H and O–H groups in total. The molecule has 7 nitrogen and oxygen atoms in total. The molecule has 0 spiro atoms. The van der Waals surface area contributed by atoms with Crippen molar-refractivity contribution in [3.05, 3.63) is 41.2 Å². The first-order chi connectivity index (χ1) is 13.9. The summed E-state index contributed by atoms with van der Waals surface area (Å²) in [5, 5.41) is 18.8. The van der Waals surface area contributed by atoms with E-state index in [2.05, 4.69) is 15.3 Å². The molecule has 0 saturated carbocycles. The number of hydrogen-bond donors (Lipinski definition) is 2. The van der Waals surface area contributed by atoms with Gasteiger partial charge in [-0.25, -0.2) is 0 Å². The van der Waals surface area contributed by atoms with Crippen molar-refractivity contribution in [3.63, 3.8) is 0 Å². The number of carbonyl (C=O) groups is 1. The number of aliphatic hydroxyl groups is 1. The Labute approximate surface area is 176 Å². The van der Waals surface area contributed by atoms with Gasteiger partial charge in [0.2, 0.25) is 5.91 Å². The van der Waals surface area contributed by atoms with Gasteiger partial charge < -0.3 is 15.2 Å². The molecule has 1 aromatic carbocycles. The van der Waals surface area contributed by atoms with Gasteiger partial charge in [-0.3, -0.25) is 14.4 Å². The third-order valence-corrected chi connectivity index (χ3v) is 5.46. The second-order valence-electron chi connectivity index (χ2n) is 7.63. The normalized spacial score (nSPS) is 20.3. The fraction of sp³-hybridized carbons (Fsp3) is 0.524. The molecule has 1 atom stereocenters. The summed E-state index contributed by atoms with van der Waals surface area (Å²) in [4.78, 5) is 14.5. The molecule has 2 heterocycles. The smallest absolute Gasteiger partial charge is 0.238 e. The zero-order valence-corrected chi connectivity index (χ0v) is 17.8. The summed E-state index contributed by atoms with van der Waals surface area (Å²) in [7, 11) is 0. The van der Waals surface area contributed by atoms with Gasteiger partial charge >= 0.3 is 0 Å². The Kier molecular flexibility index (Phi) is 7.16. The van der Waals surface area contributed by atoms with E-state index in [0.717, 1.165) is 30.9 Å². The molecule has 1 saturated heterocycles. The number of aromatic nitrogens is 2. The first-order valence-electron chi connectivity index (χ1n) is 10.0. The number of aryl methyl sites for hydroxylation is 2. The van der Waals surface area contributed by atoms with Gasteiger partial charge in [-0.05, 0) is 57.9 Å². The monoisotopic (exact) mass is 420 g/mol. The zero-order valence-electron chi connectivity index (χ0n) is 17.0. The minimum atomic E-state index is -0.910. The summed E-state index contributed by atoms with van der Waals surface area (Å²) < 4.78 is 7.57. The lowest BCUT2D eigenvalue weighted by Gasteiger charge is -2.27. The SMILES string of the molecule is CCn1cc(NC(=O)CN2CCCC(O)(COc3cccc(Cl)c3)CC2)c(C)n1. The van der Waals surface area contributed by atoms with Crippen molar-refractivity contribution in [1.82, 2.24) is 14.7 Å². The number of hydrogen-bond acceptors (Lipinski definition) is 5. The van der Waals surface area contributed by atoms with Crippen LogP contribution in [0.25, 0.3) is 0 Å². The summed E-state index contributed by atoms with van der Waals surface area (Å²) in [5.41, 5.74) is 0.647. The van der Waals surface area contributed by atoms with E-state index in [1.807, 2.05) is 32.2 Å². The van der Waals surface area contributed by atoms with E-state index in [1.165, 1.54) is 0 Å². The maximum Gasteiger partial charge on any atom is 0.238 e. The lowest BCUT2D eigenvalue weighted by atomic mass is 9.96. The molecule has 1 fully saturated rings. The van der Waals surface area contributed by atoms with E-state index < -0.39 is 5.60 Å². The van der Waals surface area contributed by atoms with Crippen LogP contribution in [0.3, 0.4) is 0 Å². The Morgan fingerprint density at radius 3 is 2.93 bits per heavy atom. The third kappa shape index (κ3) is 6.19. The van der Waals surface area contributed by atoms with Crippen LogP contribution in [0.1, 0.15) is 31.9 Å². The molecular formula is C21H29ClN4O3. The van der Waals surface area contributed by atoms with Crippen LogP contribution in [0.2, 0.25) is 5.02 Å². The second-order valence-corrected chi connectivity index (χ2v) is 8.07. The van der Waals surface area contributed by atoms with Crippen LogP contribution in [-0.4, -0.2) is 57.5 Å². The molecule has 8 heteroatoms. The second kappa shape index (κ2) is 9.61. The van der Waals surface area contributed by atoms with Gasteiger partial charge in [0.25, 0.3) is 0 Å². The minimum Gasteiger partial charge on any atom is -0.491 e. The van der Waals surface area contributed by atoms with Gasteiger partial charge in [-0.2, -0.15) is 5.10 Å². The van der Waals surface area contributed by atoms with Crippen molar-refractivity contribution in [2.24, 2.45) is 0 Å². The van der Waals surface area contributed by atoms with Crippen molar-refractivity contribution >= 4 is 23.2 Å². The maximum absolute atomic E-state index is 12.5. The fourth-order valence-electron chi connectivity index (χ4n) is 3.51. The van der Waals surface area contributed by atoms with E-state index >= 15 is 0 Å². The molecule has 1 unspecified atom stereocenters. The Hall–Kier alpha value is -2.09. The average molecular weight is 421 g/mol. The van der Waals surface area contributed by atoms with Crippen LogP contribution < -0.4 is 10.1 Å². The Morgan fingerprint density at radius 1 is 1.38 bits per heavy atom. The Balaban J connectivity index is 1.49. The van der Waals surface area contributed by atoms with Gasteiger partial charge in [0, 0.05) is 24.3 Å². The molecule has 0 aliphatic carbocycles. The van der Waals surface area contributed by atoms with E-state index in [0.29, 0.717) is 36.7 Å².